The van der Waals surface area contributed by atoms with E-state index in [4.69, 9.17) is 0 Å². The van der Waals surface area contributed by atoms with Crippen LogP contribution in [0, 0.1) is 0 Å². The van der Waals surface area contributed by atoms with Gasteiger partial charge in [0.15, 0.2) is 0 Å². The lowest BCUT2D eigenvalue weighted by molar-refractivity contribution is -0.124. The maximum Gasteiger partial charge on any atom is 0.233 e. The topological polar surface area (TPSA) is 46.2 Å². The van der Waals surface area contributed by atoms with Crippen molar-refractivity contribution in [1.82, 2.24) is 5.32 Å². The van der Waals surface area contributed by atoms with Gasteiger partial charge in [0, 0.05) is 0 Å². The van der Waals surface area contributed by atoms with E-state index < -0.39 is 0 Å². The highest BCUT2D eigenvalue weighted by atomic mass is 32.2. The van der Waals surface area contributed by atoms with Gasteiger partial charge in [-0.25, -0.2) is 0 Å². The molecule has 0 aromatic rings. The zero-order valence-corrected chi connectivity index (χ0v) is 7.95. The minimum atomic E-state index is 0.00588. The standard InChI is InChI=1S/C8H13NO2S/c1-6(10)5-9-8(11)7-3-2-4-12-7/h7H,2-5H2,1H3,(H,9,11). The number of thioether (sulfide) groups is 1. The first kappa shape index (κ1) is 9.58. The molecule has 0 spiro atoms. The molecule has 1 fully saturated rings. The Morgan fingerprint density at radius 1 is 1.58 bits per heavy atom. The zero-order valence-electron chi connectivity index (χ0n) is 7.13. The van der Waals surface area contributed by atoms with E-state index in [2.05, 4.69) is 5.32 Å². The predicted octanol–water partition coefficient (Wildman–Crippen LogP) is 0.587. The number of hydrogen-bond acceptors (Lipinski definition) is 3. The predicted molar refractivity (Wildman–Crippen MR) is 49.2 cm³/mol. The van der Waals surface area contributed by atoms with Crippen molar-refractivity contribution in [3.8, 4) is 0 Å². The fourth-order valence-electron chi connectivity index (χ4n) is 1.11. The highest BCUT2D eigenvalue weighted by Crippen LogP contribution is 2.25. The Balaban J connectivity index is 2.23. The number of carbonyl (C=O) groups is 2. The van der Waals surface area contributed by atoms with Crippen LogP contribution in [-0.2, 0) is 9.59 Å². The van der Waals surface area contributed by atoms with Gasteiger partial charge in [-0.1, -0.05) is 0 Å². The van der Waals surface area contributed by atoms with Crippen molar-refractivity contribution in [2.45, 2.75) is 25.0 Å². The van der Waals surface area contributed by atoms with E-state index in [-0.39, 0.29) is 23.5 Å². The smallest absolute Gasteiger partial charge is 0.233 e. The van der Waals surface area contributed by atoms with Crippen molar-refractivity contribution >= 4 is 23.5 Å². The number of nitrogens with one attached hydrogen (secondary N) is 1. The number of carbonyl (C=O) groups excluding carboxylic acids is 2. The maximum absolute atomic E-state index is 11.3. The summed E-state index contributed by atoms with van der Waals surface area (Å²) in [6.45, 7) is 1.65. The fraction of sp³-hybridized carbons (Fsp3) is 0.750. The van der Waals surface area contributed by atoms with E-state index in [9.17, 15) is 9.59 Å². The maximum atomic E-state index is 11.3. The molecule has 0 saturated carbocycles. The van der Waals surface area contributed by atoms with Crippen molar-refractivity contribution in [3.63, 3.8) is 0 Å². The van der Waals surface area contributed by atoms with Crippen molar-refractivity contribution in [1.29, 1.82) is 0 Å². The summed E-state index contributed by atoms with van der Waals surface area (Å²) in [6.07, 6.45) is 2.07. The molecule has 1 atom stereocenters. The van der Waals surface area contributed by atoms with Gasteiger partial charge in [-0.3, -0.25) is 9.59 Å². The summed E-state index contributed by atoms with van der Waals surface area (Å²) in [4.78, 5) is 21.8. The second-order valence-electron chi connectivity index (χ2n) is 2.92. The lowest BCUT2D eigenvalue weighted by Gasteiger charge is -2.07. The van der Waals surface area contributed by atoms with Crippen LogP contribution in [0.5, 0.6) is 0 Å². The van der Waals surface area contributed by atoms with E-state index in [1.165, 1.54) is 6.92 Å². The first-order valence-corrected chi connectivity index (χ1v) is 5.14. The van der Waals surface area contributed by atoms with Gasteiger partial charge in [-0.2, -0.15) is 0 Å². The normalized spacial score (nSPS) is 22.2. The Morgan fingerprint density at radius 2 is 2.33 bits per heavy atom. The molecule has 1 unspecified atom stereocenters. The molecule has 3 nitrogen and oxygen atoms in total. The third-order valence-corrected chi connectivity index (χ3v) is 3.11. The summed E-state index contributed by atoms with van der Waals surface area (Å²) in [5.41, 5.74) is 0. The molecule has 0 aromatic heterocycles. The summed E-state index contributed by atoms with van der Waals surface area (Å²) < 4.78 is 0. The van der Waals surface area contributed by atoms with E-state index in [0.717, 1.165) is 18.6 Å². The Kier molecular flexibility index (Phi) is 3.59. The van der Waals surface area contributed by atoms with Gasteiger partial charge in [0.05, 0.1) is 11.8 Å². The number of rotatable bonds is 3. The second-order valence-corrected chi connectivity index (χ2v) is 4.23. The molecular weight excluding hydrogens is 174 g/mol. The molecule has 1 saturated heterocycles. The van der Waals surface area contributed by atoms with Crippen molar-refractivity contribution in [2.24, 2.45) is 0 Å². The van der Waals surface area contributed by atoms with Crippen LogP contribution in [0.15, 0.2) is 0 Å². The molecule has 1 N–H and O–H groups in total. The average molecular weight is 187 g/mol. The number of Topliss-reactive ketones (excluding diaryl/α,β-unsaturated/α-hetero) is 1. The molecule has 1 rings (SSSR count). The van der Waals surface area contributed by atoms with E-state index in [0.29, 0.717) is 0 Å². The van der Waals surface area contributed by atoms with Gasteiger partial charge in [0.25, 0.3) is 0 Å². The lowest BCUT2D eigenvalue weighted by atomic mass is 10.2. The van der Waals surface area contributed by atoms with Crippen LogP contribution in [0.25, 0.3) is 0 Å². The number of ketones is 1. The van der Waals surface area contributed by atoms with Gasteiger partial charge < -0.3 is 5.32 Å². The average Bonchev–Trinajstić information content (AvgIpc) is 2.51. The third-order valence-electron chi connectivity index (χ3n) is 1.73. The number of hydrogen-bond donors (Lipinski definition) is 1. The van der Waals surface area contributed by atoms with E-state index in [1.807, 2.05) is 0 Å². The Morgan fingerprint density at radius 3 is 2.83 bits per heavy atom. The monoisotopic (exact) mass is 187 g/mol. The Labute approximate surface area is 76.3 Å². The fourth-order valence-corrected chi connectivity index (χ4v) is 2.30. The molecule has 0 aromatic carbocycles. The van der Waals surface area contributed by atoms with Gasteiger partial charge >= 0.3 is 0 Å². The molecular formula is C8H13NO2S. The summed E-state index contributed by atoms with van der Waals surface area (Å²) in [7, 11) is 0. The van der Waals surface area contributed by atoms with Gasteiger partial charge in [0.2, 0.25) is 5.91 Å². The SMILES string of the molecule is CC(=O)CNC(=O)C1CCCS1. The summed E-state index contributed by atoms with van der Waals surface area (Å²) in [5, 5.41) is 2.70. The van der Waals surface area contributed by atoms with Crippen LogP contribution in [0.1, 0.15) is 19.8 Å². The second kappa shape index (κ2) is 4.50. The minimum Gasteiger partial charge on any atom is -0.348 e. The van der Waals surface area contributed by atoms with Gasteiger partial charge in [-0.05, 0) is 25.5 Å². The highest BCUT2D eigenvalue weighted by molar-refractivity contribution is 8.00. The molecule has 1 amide bonds. The van der Waals surface area contributed by atoms with Crippen LogP contribution in [0.4, 0.5) is 0 Å². The largest absolute Gasteiger partial charge is 0.348 e. The first-order chi connectivity index (χ1) is 5.70. The summed E-state index contributed by atoms with van der Waals surface area (Å²) in [5.74, 6) is 1.09. The zero-order chi connectivity index (χ0) is 8.97. The van der Waals surface area contributed by atoms with Crippen LogP contribution < -0.4 is 5.32 Å². The molecule has 1 aliphatic heterocycles. The lowest BCUT2D eigenvalue weighted by Crippen LogP contribution is -2.34. The molecule has 1 heterocycles. The molecule has 0 bridgehead atoms. The highest BCUT2D eigenvalue weighted by Gasteiger charge is 2.22. The van der Waals surface area contributed by atoms with E-state index in [1.54, 1.807) is 11.8 Å². The molecule has 68 valence electrons. The van der Waals surface area contributed by atoms with Crippen molar-refractivity contribution in [3.05, 3.63) is 0 Å². The first-order valence-electron chi connectivity index (χ1n) is 4.09. The summed E-state index contributed by atoms with van der Waals surface area (Å²) >= 11 is 1.68. The Bertz CT molecular complexity index is 187. The molecule has 4 heteroatoms. The quantitative estimate of drug-likeness (QED) is 0.703. The van der Waals surface area contributed by atoms with Crippen molar-refractivity contribution in [2.75, 3.05) is 12.3 Å². The van der Waals surface area contributed by atoms with Crippen LogP contribution in [0.2, 0.25) is 0 Å². The molecule has 0 radical (unpaired) electrons. The summed E-state index contributed by atoms with van der Waals surface area (Å²) in [6, 6.07) is 0. The Hall–Kier alpha value is -0.510. The van der Waals surface area contributed by atoms with Crippen LogP contribution in [-0.4, -0.2) is 29.2 Å². The van der Waals surface area contributed by atoms with Crippen molar-refractivity contribution < 1.29 is 9.59 Å². The number of amides is 1. The van der Waals surface area contributed by atoms with Gasteiger partial charge in [0.1, 0.15) is 5.78 Å². The van der Waals surface area contributed by atoms with Crippen LogP contribution in [0.3, 0.4) is 0 Å². The third kappa shape index (κ3) is 2.85. The molecule has 1 aliphatic rings. The molecule has 12 heavy (non-hydrogen) atoms. The molecule has 0 aliphatic carbocycles. The van der Waals surface area contributed by atoms with E-state index >= 15 is 0 Å². The van der Waals surface area contributed by atoms with Crippen LogP contribution >= 0.6 is 11.8 Å². The minimum absolute atomic E-state index is 0.00588. The van der Waals surface area contributed by atoms with Gasteiger partial charge in [-0.15, -0.1) is 11.8 Å².